The predicted octanol–water partition coefficient (Wildman–Crippen LogP) is 6.53. The summed E-state index contributed by atoms with van der Waals surface area (Å²) in [6.07, 6.45) is 0. The van der Waals surface area contributed by atoms with Crippen molar-refractivity contribution in [3.63, 3.8) is 0 Å². The first-order chi connectivity index (χ1) is 20.2. The summed E-state index contributed by atoms with van der Waals surface area (Å²) in [6.45, 7) is 20.3. The Labute approximate surface area is 249 Å². The van der Waals surface area contributed by atoms with E-state index in [0.717, 1.165) is 0 Å². The van der Waals surface area contributed by atoms with Crippen LogP contribution in [0.2, 0.25) is 0 Å². The van der Waals surface area contributed by atoms with E-state index in [4.69, 9.17) is 24.7 Å². The number of carbonyl (C=O) groups excluding carboxylic acids is 4. The van der Waals surface area contributed by atoms with Gasteiger partial charge in [0.25, 0.3) is 0 Å². The van der Waals surface area contributed by atoms with Gasteiger partial charge in [-0.25, -0.2) is 19.2 Å². The number of hydrogen-bond acceptors (Lipinski definition) is 9. The minimum atomic E-state index is -0.700. The summed E-state index contributed by atoms with van der Waals surface area (Å²) < 4.78 is 21.5. The molecule has 0 aliphatic heterocycles. The number of nitrogen functional groups attached to an aromatic ring is 1. The molecule has 9 heteroatoms. The molecular formula is C34H31NO8. The van der Waals surface area contributed by atoms with Gasteiger partial charge in [0.15, 0.2) is 23.0 Å². The van der Waals surface area contributed by atoms with Gasteiger partial charge in [-0.05, 0) is 74.7 Å². The fourth-order valence-electron chi connectivity index (χ4n) is 3.44. The number of anilines is 1. The second-order valence-corrected chi connectivity index (χ2v) is 9.80. The maximum atomic E-state index is 12.3. The summed E-state index contributed by atoms with van der Waals surface area (Å²) in [6, 6.07) is 14.6. The highest BCUT2D eigenvalue weighted by Gasteiger charge is 2.19. The molecule has 0 aliphatic carbocycles. The lowest BCUT2D eigenvalue weighted by Crippen LogP contribution is -2.13. The van der Waals surface area contributed by atoms with Crippen LogP contribution in [0.1, 0.15) is 27.7 Å². The molecule has 0 heterocycles. The molecule has 0 saturated carbocycles. The maximum Gasteiger partial charge on any atom is 0.338 e. The number of esters is 4. The molecule has 9 nitrogen and oxygen atoms in total. The minimum Gasteiger partial charge on any atom is -0.419 e. The summed E-state index contributed by atoms with van der Waals surface area (Å²) in [5.74, 6) is -2.71. The summed E-state index contributed by atoms with van der Waals surface area (Å²) in [7, 11) is 0. The van der Waals surface area contributed by atoms with E-state index in [2.05, 4.69) is 26.3 Å². The van der Waals surface area contributed by atoms with Crippen LogP contribution in [0.4, 0.5) is 5.69 Å². The summed E-state index contributed by atoms with van der Waals surface area (Å²) in [5.41, 5.74) is 9.88. The van der Waals surface area contributed by atoms with Crippen LogP contribution in [-0.2, 0) is 19.2 Å². The summed E-state index contributed by atoms with van der Waals surface area (Å²) in [4.78, 5) is 48.8. The van der Waals surface area contributed by atoms with E-state index in [0.29, 0.717) is 27.9 Å². The third-order valence-corrected chi connectivity index (χ3v) is 5.79. The van der Waals surface area contributed by atoms with Crippen LogP contribution in [-0.4, -0.2) is 23.9 Å². The Morgan fingerprint density at radius 1 is 0.488 bits per heavy atom. The van der Waals surface area contributed by atoms with Gasteiger partial charge in [0, 0.05) is 33.5 Å². The van der Waals surface area contributed by atoms with Crippen LogP contribution >= 0.6 is 0 Å². The van der Waals surface area contributed by atoms with E-state index < -0.39 is 23.9 Å². The molecule has 0 amide bonds. The first-order valence-electron chi connectivity index (χ1n) is 12.9. The Kier molecular flexibility index (Phi) is 9.85. The number of benzene rings is 3. The van der Waals surface area contributed by atoms with Crippen molar-refractivity contribution in [2.75, 3.05) is 5.73 Å². The quantitative estimate of drug-likeness (QED) is 0.123. The van der Waals surface area contributed by atoms with Crippen molar-refractivity contribution >= 4 is 29.6 Å². The second-order valence-electron chi connectivity index (χ2n) is 9.80. The van der Waals surface area contributed by atoms with Crippen LogP contribution in [0.3, 0.4) is 0 Å². The highest BCUT2D eigenvalue weighted by atomic mass is 16.6. The molecule has 0 saturated heterocycles. The van der Waals surface area contributed by atoms with Crippen molar-refractivity contribution in [1.82, 2.24) is 0 Å². The molecule has 0 aromatic heterocycles. The van der Waals surface area contributed by atoms with E-state index in [9.17, 15) is 19.2 Å². The van der Waals surface area contributed by atoms with Gasteiger partial charge in [-0.2, -0.15) is 0 Å². The van der Waals surface area contributed by atoms with E-state index in [1.54, 1.807) is 30.3 Å². The molecule has 0 bridgehead atoms. The molecule has 0 aliphatic rings. The number of carbonyl (C=O) groups is 4. The van der Waals surface area contributed by atoms with Gasteiger partial charge in [-0.3, -0.25) is 0 Å². The third-order valence-electron chi connectivity index (χ3n) is 5.79. The van der Waals surface area contributed by atoms with Crippen LogP contribution < -0.4 is 24.7 Å². The van der Waals surface area contributed by atoms with E-state index >= 15 is 0 Å². The highest BCUT2D eigenvalue weighted by Crippen LogP contribution is 2.39. The average Bonchev–Trinajstić information content (AvgIpc) is 2.94. The normalized spacial score (nSPS) is 10.2. The molecule has 2 N–H and O–H groups in total. The van der Waals surface area contributed by atoms with Gasteiger partial charge in [0.1, 0.15) is 0 Å². The topological polar surface area (TPSA) is 131 Å². The monoisotopic (exact) mass is 581 g/mol. The largest absolute Gasteiger partial charge is 0.419 e. The molecular weight excluding hydrogens is 550 g/mol. The second kappa shape index (κ2) is 13.3. The summed E-state index contributed by atoms with van der Waals surface area (Å²) >= 11 is 0. The molecule has 0 unspecified atom stereocenters. The van der Waals surface area contributed by atoms with Crippen LogP contribution in [0.15, 0.2) is 103 Å². The minimum absolute atomic E-state index is 0.00612. The van der Waals surface area contributed by atoms with Gasteiger partial charge in [0.05, 0.1) is 0 Å². The number of ether oxygens (including phenoxy) is 4. The van der Waals surface area contributed by atoms with Gasteiger partial charge < -0.3 is 24.7 Å². The molecule has 3 rings (SSSR count). The smallest absolute Gasteiger partial charge is 0.338 e. The molecule has 0 atom stereocenters. The lowest BCUT2D eigenvalue weighted by molar-refractivity contribution is -0.132. The Morgan fingerprint density at radius 2 is 0.814 bits per heavy atom. The average molecular weight is 582 g/mol. The van der Waals surface area contributed by atoms with Crippen molar-refractivity contribution in [2.24, 2.45) is 0 Å². The lowest BCUT2D eigenvalue weighted by atomic mass is 9.98. The zero-order valence-electron chi connectivity index (χ0n) is 24.4. The van der Waals surface area contributed by atoms with Gasteiger partial charge in [0.2, 0.25) is 0 Å². The van der Waals surface area contributed by atoms with Crippen LogP contribution in [0.25, 0.3) is 22.3 Å². The highest BCUT2D eigenvalue weighted by molar-refractivity contribution is 5.93. The number of rotatable bonds is 10. The Hall–Kier alpha value is -5.70. The first-order valence-corrected chi connectivity index (χ1v) is 12.9. The van der Waals surface area contributed by atoms with Gasteiger partial charge in [-0.15, -0.1) is 0 Å². The molecule has 0 fully saturated rings. The predicted molar refractivity (Wildman–Crippen MR) is 164 cm³/mol. The van der Waals surface area contributed by atoms with E-state index in [1.165, 1.54) is 52.0 Å². The van der Waals surface area contributed by atoms with Crippen LogP contribution in [0.5, 0.6) is 23.0 Å². The molecule has 3 aromatic rings. The van der Waals surface area contributed by atoms with Crippen LogP contribution in [0, 0.1) is 0 Å². The van der Waals surface area contributed by atoms with Crippen molar-refractivity contribution in [3.8, 4) is 45.3 Å². The van der Waals surface area contributed by atoms with Crippen molar-refractivity contribution in [1.29, 1.82) is 0 Å². The lowest BCUT2D eigenvalue weighted by Gasteiger charge is -2.15. The fraction of sp³-hybridized carbons (Fsp3) is 0.118. The summed E-state index contributed by atoms with van der Waals surface area (Å²) in [5, 5.41) is 0. The standard InChI is InChI=1S/C34H31NO8/c1-18(2)31(36)40-27-13-10-23(16-29(27)42-33(38)20(5)6)22-9-12-25(26(35)15-22)24-11-14-28(41-32(37)19(3)4)30(17-24)43-34(39)21(7)8/h9-17H,1,3,5,7,35H2,2,4,6,8H3. The zero-order valence-corrected chi connectivity index (χ0v) is 24.4. The zero-order chi connectivity index (χ0) is 32.0. The number of hydrogen-bond donors (Lipinski definition) is 1. The number of nitrogens with two attached hydrogens (primary N) is 1. The van der Waals surface area contributed by atoms with Crippen molar-refractivity contribution < 1.29 is 38.1 Å². The van der Waals surface area contributed by atoms with E-state index in [1.807, 2.05) is 0 Å². The SMILES string of the molecule is C=C(C)C(=O)Oc1ccc(-c2ccc(-c3ccc(OC(=O)C(=C)C)c(OC(=O)C(=C)C)c3)c(N)c2)cc1OC(=O)C(=C)C. The maximum absolute atomic E-state index is 12.3. The molecule has 0 radical (unpaired) electrons. The molecule has 3 aromatic carbocycles. The van der Waals surface area contributed by atoms with Gasteiger partial charge >= 0.3 is 23.9 Å². The van der Waals surface area contributed by atoms with Crippen molar-refractivity contribution in [2.45, 2.75) is 27.7 Å². The van der Waals surface area contributed by atoms with E-state index in [-0.39, 0.29) is 45.3 Å². The van der Waals surface area contributed by atoms with Gasteiger partial charge in [-0.1, -0.05) is 50.6 Å². The molecule has 0 spiro atoms. The Morgan fingerprint density at radius 3 is 1.21 bits per heavy atom. The van der Waals surface area contributed by atoms with Crippen molar-refractivity contribution in [3.05, 3.63) is 103 Å². The first kappa shape index (κ1) is 31.8. The molecule has 43 heavy (non-hydrogen) atoms. The Balaban J connectivity index is 2.03. The third kappa shape index (κ3) is 7.95. The fourth-order valence-corrected chi connectivity index (χ4v) is 3.44. The Bertz CT molecular complexity index is 1710. The molecule has 220 valence electrons.